The van der Waals surface area contributed by atoms with Gasteiger partial charge in [-0.2, -0.15) is 8.78 Å². The second kappa shape index (κ2) is 6.40. The van der Waals surface area contributed by atoms with Crippen LogP contribution in [0.4, 0.5) is 8.78 Å². The van der Waals surface area contributed by atoms with Crippen LogP contribution in [0.15, 0.2) is 12.7 Å². The standard InChI is InChI=1S/C8H10F2O7S/c1-2-6(11)16-4-3-7(12)17-5-8(9,10)18(13,14)15/h2H,1,3-5H2,(H,13,14,15)/p-1. The molecule has 0 saturated heterocycles. The number of hydrogen-bond acceptors (Lipinski definition) is 7. The van der Waals surface area contributed by atoms with Crippen LogP contribution in [0.1, 0.15) is 6.42 Å². The molecule has 0 radical (unpaired) electrons. The molecule has 0 aliphatic rings. The van der Waals surface area contributed by atoms with Crippen LogP contribution in [0.25, 0.3) is 0 Å². The zero-order chi connectivity index (χ0) is 14.4. The van der Waals surface area contributed by atoms with Gasteiger partial charge >= 0.3 is 17.2 Å². The molecule has 0 spiro atoms. The normalized spacial score (nSPS) is 11.7. The van der Waals surface area contributed by atoms with Crippen LogP contribution in [0.3, 0.4) is 0 Å². The first kappa shape index (κ1) is 16.4. The van der Waals surface area contributed by atoms with Gasteiger partial charge in [0, 0.05) is 6.08 Å². The SMILES string of the molecule is C=CC(=O)OCCC(=O)OCC(F)(F)S(=O)(=O)[O-]. The molecule has 0 aliphatic carbocycles. The molecule has 0 atom stereocenters. The Morgan fingerprint density at radius 2 is 1.89 bits per heavy atom. The van der Waals surface area contributed by atoms with E-state index < -0.39 is 46.9 Å². The maximum atomic E-state index is 12.5. The van der Waals surface area contributed by atoms with Gasteiger partial charge in [0.25, 0.3) is 0 Å². The number of halogens is 2. The second-order valence-electron chi connectivity index (χ2n) is 2.87. The van der Waals surface area contributed by atoms with Gasteiger partial charge in [0.2, 0.25) is 0 Å². The van der Waals surface area contributed by atoms with Crippen molar-refractivity contribution in [2.75, 3.05) is 13.2 Å². The molecule has 0 N–H and O–H groups in total. The average molecular weight is 287 g/mol. The van der Waals surface area contributed by atoms with E-state index in [2.05, 4.69) is 16.1 Å². The zero-order valence-electron chi connectivity index (χ0n) is 8.93. The lowest BCUT2D eigenvalue weighted by atomic mass is 10.4. The quantitative estimate of drug-likeness (QED) is 0.362. The van der Waals surface area contributed by atoms with E-state index in [0.29, 0.717) is 0 Å². The molecule has 7 nitrogen and oxygen atoms in total. The lowest BCUT2D eigenvalue weighted by Crippen LogP contribution is -2.34. The molecule has 0 aliphatic heterocycles. The van der Waals surface area contributed by atoms with Crippen molar-refractivity contribution in [3.63, 3.8) is 0 Å². The molecule has 10 heteroatoms. The monoisotopic (exact) mass is 287 g/mol. The van der Waals surface area contributed by atoms with Gasteiger partial charge in [-0.05, 0) is 0 Å². The molecule has 0 saturated carbocycles. The van der Waals surface area contributed by atoms with Crippen molar-refractivity contribution in [1.29, 1.82) is 0 Å². The first-order valence-electron chi connectivity index (χ1n) is 4.38. The summed E-state index contributed by atoms with van der Waals surface area (Å²) in [6.07, 6.45) is 0.262. The lowest BCUT2D eigenvalue weighted by molar-refractivity contribution is -0.152. The minimum Gasteiger partial charge on any atom is -0.743 e. The summed E-state index contributed by atoms with van der Waals surface area (Å²) < 4.78 is 63.3. The van der Waals surface area contributed by atoms with E-state index in [9.17, 15) is 31.3 Å². The van der Waals surface area contributed by atoms with E-state index in [4.69, 9.17) is 0 Å². The number of esters is 2. The van der Waals surface area contributed by atoms with Crippen molar-refractivity contribution >= 4 is 22.1 Å². The average Bonchev–Trinajstić information content (AvgIpc) is 2.24. The second-order valence-corrected chi connectivity index (χ2v) is 4.38. The van der Waals surface area contributed by atoms with Crippen LogP contribution in [-0.2, 0) is 29.2 Å². The summed E-state index contributed by atoms with van der Waals surface area (Å²) in [6.45, 7) is 0.736. The fourth-order valence-corrected chi connectivity index (χ4v) is 0.806. The fraction of sp³-hybridized carbons (Fsp3) is 0.500. The number of hydrogen-bond donors (Lipinski definition) is 0. The summed E-state index contributed by atoms with van der Waals surface area (Å²) in [4.78, 5) is 21.3. The van der Waals surface area contributed by atoms with Gasteiger partial charge in [-0.3, -0.25) is 4.79 Å². The van der Waals surface area contributed by atoms with Gasteiger partial charge < -0.3 is 14.0 Å². The Hall–Kier alpha value is -1.55. The first-order valence-corrected chi connectivity index (χ1v) is 5.79. The topological polar surface area (TPSA) is 110 Å². The van der Waals surface area contributed by atoms with Crippen molar-refractivity contribution in [2.24, 2.45) is 0 Å². The molecule has 104 valence electrons. The Bertz CT molecular complexity index is 429. The van der Waals surface area contributed by atoms with Gasteiger partial charge in [-0.15, -0.1) is 0 Å². The maximum Gasteiger partial charge on any atom is 0.367 e. The Kier molecular flexibility index (Phi) is 5.85. The predicted molar refractivity (Wildman–Crippen MR) is 51.4 cm³/mol. The third kappa shape index (κ3) is 5.68. The van der Waals surface area contributed by atoms with E-state index in [1.54, 1.807) is 0 Å². The number of carbonyl (C=O) groups excluding carboxylic acids is 2. The van der Waals surface area contributed by atoms with Crippen LogP contribution >= 0.6 is 0 Å². The summed E-state index contributed by atoms with van der Waals surface area (Å²) >= 11 is 0. The van der Waals surface area contributed by atoms with E-state index in [-0.39, 0.29) is 0 Å². The van der Waals surface area contributed by atoms with E-state index in [1.165, 1.54) is 0 Å². The van der Waals surface area contributed by atoms with Gasteiger partial charge in [0.05, 0.1) is 6.42 Å². The highest BCUT2D eigenvalue weighted by Gasteiger charge is 2.39. The van der Waals surface area contributed by atoms with Crippen LogP contribution in [-0.4, -0.2) is 43.4 Å². The van der Waals surface area contributed by atoms with Crippen LogP contribution < -0.4 is 0 Å². The van der Waals surface area contributed by atoms with Crippen molar-refractivity contribution in [3.05, 3.63) is 12.7 Å². The Labute approximate surface area is 101 Å². The van der Waals surface area contributed by atoms with Gasteiger partial charge in [0.15, 0.2) is 16.7 Å². The lowest BCUT2D eigenvalue weighted by Gasteiger charge is -2.19. The maximum absolute atomic E-state index is 12.5. The number of rotatable bonds is 7. The molecular weight excluding hydrogens is 278 g/mol. The summed E-state index contributed by atoms with van der Waals surface area (Å²) in [5, 5.41) is -4.69. The van der Waals surface area contributed by atoms with E-state index in [0.717, 1.165) is 6.08 Å². The molecule has 18 heavy (non-hydrogen) atoms. The Balaban J connectivity index is 4.05. The van der Waals surface area contributed by atoms with Crippen LogP contribution in [0.5, 0.6) is 0 Å². The fourth-order valence-electron chi connectivity index (χ4n) is 0.603. The minimum absolute atomic E-state index is 0.445. The van der Waals surface area contributed by atoms with Crippen molar-refractivity contribution in [1.82, 2.24) is 0 Å². The molecule has 0 fully saturated rings. The molecule has 0 aromatic carbocycles. The predicted octanol–water partition coefficient (Wildman–Crippen LogP) is -0.213. The summed E-state index contributed by atoms with van der Waals surface area (Å²) in [5.74, 6) is -2.06. The van der Waals surface area contributed by atoms with Crippen molar-refractivity contribution in [3.8, 4) is 0 Å². The van der Waals surface area contributed by atoms with Crippen LogP contribution in [0.2, 0.25) is 0 Å². The van der Waals surface area contributed by atoms with E-state index >= 15 is 0 Å². The smallest absolute Gasteiger partial charge is 0.367 e. The molecule has 0 unspecified atom stereocenters. The van der Waals surface area contributed by atoms with Crippen molar-refractivity contribution < 1.29 is 40.8 Å². The molecule has 0 heterocycles. The summed E-state index contributed by atoms with van der Waals surface area (Å²) in [5.41, 5.74) is 0. The Morgan fingerprint density at radius 3 is 2.33 bits per heavy atom. The summed E-state index contributed by atoms with van der Waals surface area (Å²) in [6, 6.07) is 0. The summed E-state index contributed by atoms with van der Waals surface area (Å²) in [7, 11) is -5.90. The number of alkyl halides is 2. The molecule has 0 aromatic rings. The molecule has 0 rings (SSSR count). The molecule has 0 amide bonds. The van der Waals surface area contributed by atoms with Gasteiger partial charge in [-0.1, -0.05) is 6.58 Å². The highest BCUT2D eigenvalue weighted by molar-refractivity contribution is 7.86. The minimum atomic E-state index is -5.90. The molecular formula is C8H9F2O7S-. The van der Waals surface area contributed by atoms with E-state index in [1.807, 2.05) is 0 Å². The third-order valence-corrected chi connectivity index (χ3v) is 2.33. The van der Waals surface area contributed by atoms with Crippen molar-refractivity contribution in [2.45, 2.75) is 11.7 Å². The molecule has 0 bridgehead atoms. The number of ether oxygens (including phenoxy) is 2. The van der Waals surface area contributed by atoms with Gasteiger partial charge in [0.1, 0.15) is 6.61 Å². The van der Waals surface area contributed by atoms with Crippen LogP contribution in [0, 0.1) is 0 Å². The highest BCUT2D eigenvalue weighted by atomic mass is 32.2. The largest absolute Gasteiger partial charge is 0.743 e. The first-order chi connectivity index (χ1) is 8.10. The zero-order valence-corrected chi connectivity index (χ0v) is 9.74. The number of carbonyl (C=O) groups is 2. The van der Waals surface area contributed by atoms with Gasteiger partial charge in [-0.25, -0.2) is 13.2 Å². The Morgan fingerprint density at radius 1 is 1.33 bits per heavy atom. The highest BCUT2D eigenvalue weighted by Crippen LogP contribution is 2.20. The third-order valence-electron chi connectivity index (χ3n) is 1.48. The molecule has 0 aromatic heterocycles.